The number of hydrogen-bond acceptors (Lipinski definition) is 2. The summed E-state index contributed by atoms with van der Waals surface area (Å²) in [6, 6.07) is 10.4. The molecule has 2 aromatic rings. The van der Waals surface area contributed by atoms with E-state index in [1.54, 1.807) is 0 Å². The molecule has 1 unspecified atom stereocenters. The molecule has 2 heteroatoms. The Morgan fingerprint density at radius 2 is 2.07 bits per heavy atom. The topological polar surface area (TPSA) is 38.9 Å². The standard InChI is InChI=1S/C13H16N2/c1-9-7-11-5-3-4-6-12(11)15-13(9)10(2)8-14/h3-7,10H,8,14H2,1-2H3. The molecule has 1 heterocycles. The van der Waals surface area contributed by atoms with Crippen LogP contribution in [0, 0.1) is 6.92 Å². The molecule has 15 heavy (non-hydrogen) atoms. The zero-order valence-electron chi connectivity index (χ0n) is 9.20. The molecule has 0 bridgehead atoms. The minimum atomic E-state index is 0.328. The molecule has 0 saturated heterocycles. The highest BCUT2D eigenvalue weighted by molar-refractivity contribution is 5.79. The van der Waals surface area contributed by atoms with E-state index < -0.39 is 0 Å². The summed E-state index contributed by atoms with van der Waals surface area (Å²) >= 11 is 0. The number of rotatable bonds is 2. The fraction of sp³-hybridized carbons (Fsp3) is 0.308. The van der Waals surface area contributed by atoms with Crippen molar-refractivity contribution in [1.82, 2.24) is 4.98 Å². The molecule has 0 fully saturated rings. The van der Waals surface area contributed by atoms with Crippen LogP contribution in [0.15, 0.2) is 30.3 Å². The summed E-state index contributed by atoms with van der Waals surface area (Å²) in [6.07, 6.45) is 0. The first-order chi connectivity index (χ1) is 7.22. The Labute approximate surface area is 90.1 Å². The molecule has 1 aromatic carbocycles. The van der Waals surface area contributed by atoms with Gasteiger partial charge in [-0.2, -0.15) is 0 Å². The maximum atomic E-state index is 5.68. The van der Waals surface area contributed by atoms with E-state index in [1.165, 1.54) is 10.9 Å². The number of benzene rings is 1. The molecule has 0 aliphatic heterocycles. The summed E-state index contributed by atoms with van der Waals surface area (Å²) in [4.78, 5) is 4.67. The molecule has 0 aliphatic rings. The van der Waals surface area contributed by atoms with Crippen LogP contribution in [0.2, 0.25) is 0 Å². The van der Waals surface area contributed by atoms with E-state index in [-0.39, 0.29) is 0 Å². The van der Waals surface area contributed by atoms with Crippen LogP contribution in [0.1, 0.15) is 24.1 Å². The number of nitrogens with two attached hydrogens (primary N) is 1. The van der Waals surface area contributed by atoms with Crippen LogP contribution in [0.3, 0.4) is 0 Å². The third-order valence-electron chi connectivity index (χ3n) is 2.77. The van der Waals surface area contributed by atoms with E-state index in [9.17, 15) is 0 Å². The Morgan fingerprint density at radius 3 is 2.80 bits per heavy atom. The first kappa shape index (κ1) is 10.1. The predicted molar refractivity (Wildman–Crippen MR) is 63.9 cm³/mol. The van der Waals surface area contributed by atoms with Gasteiger partial charge in [0.2, 0.25) is 0 Å². The van der Waals surface area contributed by atoms with Gasteiger partial charge in [-0.25, -0.2) is 0 Å². The van der Waals surface area contributed by atoms with Crippen LogP contribution in [0.4, 0.5) is 0 Å². The smallest absolute Gasteiger partial charge is 0.0705 e. The highest BCUT2D eigenvalue weighted by atomic mass is 14.7. The zero-order chi connectivity index (χ0) is 10.8. The van der Waals surface area contributed by atoms with Crippen molar-refractivity contribution in [3.8, 4) is 0 Å². The first-order valence-corrected chi connectivity index (χ1v) is 5.28. The molecular weight excluding hydrogens is 184 g/mol. The number of hydrogen-bond donors (Lipinski definition) is 1. The third kappa shape index (κ3) is 1.85. The van der Waals surface area contributed by atoms with Crippen molar-refractivity contribution in [2.45, 2.75) is 19.8 Å². The second-order valence-corrected chi connectivity index (χ2v) is 4.02. The minimum Gasteiger partial charge on any atom is -0.330 e. The van der Waals surface area contributed by atoms with E-state index in [1.807, 2.05) is 18.2 Å². The van der Waals surface area contributed by atoms with Crippen LogP contribution in [-0.4, -0.2) is 11.5 Å². The normalized spacial score (nSPS) is 13.0. The number of para-hydroxylation sites is 1. The fourth-order valence-corrected chi connectivity index (χ4v) is 1.85. The summed E-state index contributed by atoms with van der Waals surface area (Å²) < 4.78 is 0. The minimum absolute atomic E-state index is 0.328. The van der Waals surface area contributed by atoms with Gasteiger partial charge in [0, 0.05) is 23.5 Å². The molecule has 2 nitrogen and oxygen atoms in total. The molecule has 2 N–H and O–H groups in total. The van der Waals surface area contributed by atoms with Gasteiger partial charge in [0.1, 0.15) is 0 Å². The van der Waals surface area contributed by atoms with Crippen molar-refractivity contribution in [1.29, 1.82) is 0 Å². The van der Waals surface area contributed by atoms with Gasteiger partial charge in [-0.3, -0.25) is 4.98 Å². The van der Waals surface area contributed by atoms with Crippen molar-refractivity contribution in [3.05, 3.63) is 41.6 Å². The van der Waals surface area contributed by atoms with Gasteiger partial charge in [0.15, 0.2) is 0 Å². The fourth-order valence-electron chi connectivity index (χ4n) is 1.85. The Morgan fingerprint density at radius 1 is 1.33 bits per heavy atom. The van der Waals surface area contributed by atoms with Crippen molar-refractivity contribution >= 4 is 10.9 Å². The lowest BCUT2D eigenvalue weighted by Crippen LogP contribution is -2.11. The SMILES string of the molecule is Cc1cc2ccccc2nc1C(C)CN. The molecule has 1 aromatic heterocycles. The second kappa shape index (κ2) is 3.99. The first-order valence-electron chi connectivity index (χ1n) is 5.28. The van der Waals surface area contributed by atoms with Crippen molar-refractivity contribution in [2.75, 3.05) is 6.54 Å². The summed E-state index contributed by atoms with van der Waals surface area (Å²) in [5, 5.41) is 1.20. The number of aromatic nitrogens is 1. The maximum Gasteiger partial charge on any atom is 0.0705 e. The maximum absolute atomic E-state index is 5.68. The quantitative estimate of drug-likeness (QED) is 0.809. The van der Waals surface area contributed by atoms with Crippen LogP contribution in [0.25, 0.3) is 10.9 Å². The van der Waals surface area contributed by atoms with Gasteiger partial charge in [-0.05, 0) is 24.6 Å². The molecular formula is C13H16N2. The lowest BCUT2D eigenvalue weighted by Gasteiger charge is -2.12. The highest BCUT2D eigenvalue weighted by Crippen LogP contribution is 2.21. The van der Waals surface area contributed by atoms with Crippen molar-refractivity contribution in [2.24, 2.45) is 5.73 Å². The Balaban J connectivity index is 2.61. The van der Waals surface area contributed by atoms with E-state index in [2.05, 4.69) is 31.0 Å². The summed E-state index contributed by atoms with van der Waals surface area (Å²) in [5.74, 6) is 0.328. The van der Waals surface area contributed by atoms with E-state index in [0.717, 1.165) is 11.2 Å². The van der Waals surface area contributed by atoms with Gasteiger partial charge in [0.05, 0.1) is 5.52 Å². The lowest BCUT2D eigenvalue weighted by molar-refractivity contribution is 0.743. The Hall–Kier alpha value is -1.41. The van der Waals surface area contributed by atoms with Gasteiger partial charge in [0.25, 0.3) is 0 Å². The molecule has 78 valence electrons. The Bertz CT molecular complexity index is 477. The van der Waals surface area contributed by atoms with Crippen molar-refractivity contribution in [3.63, 3.8) is 0 Å². The third-order valence-corrected chi connectivity index (χ3v) is 2.77. The van der Waals surface area contributed by atoms with Crippen molar-refractivity contribution < 1.29 is 0 Å². The van der Waals surface area contributed by atoms with Crippen LogP contribution in [0.5, 0.6) is 0 Å². The van der Waals surface area contributed by atoms with E-state index in [4.69, 9.17) is 5.73 Å². The number of aryl methyl sites for hydroxylation is 1. The van der Waals surface area contributed by atoms with Gasteiger partial charge in [-0.1, -0.05) is 25.1 Å². The molecule has 0 saturated carbocycles. The molecule has 0 aliphatic carbocycles. The highest BCUT2D eigenvalue weighted by Gasteiger charge is 2.09. The average Bonchev–Trinajstić information content (AvgIpc) is 2.27. The van der Waals surface area contributed by atoms with Crippen LogP contribution >= 0.6 is 0 Å². The van der Waals surface area contributed by atoms with E-state index >= 15 is 0 Å². The Kier molecular flexibility index (Phi) is 2.69. The summed E-state index contributed by atoms with van der Waals surface area (Å²) in [6.45, 7) is 4.86. The summed E-state index contributed by atoms with van der Waals surface area (Å²) in [7, 11) is 0. The van der Waals surface area contributed by atoms with Gasteiger partial charge >= 0.3 is 0 Å². The average molecular weight is 200 g/mol. The molecule has 0 amide bonds. The molecule has 0 radical (unpaired) electrons. The predicted octanol–water partition coefficient (Wildman–Crippen LogP) is 2.61. The molecule has 1 atom stereocenters. The molecule has 2 rings (SSSR count). The zero-order valence-corrected chi connectivity index (χ0v) is 9.20. The van der Waals surface area contributed by atoms with Crippen LogP contribution in [-0.2, 0) is 0 Å². The second-order valence-electron chi connectivity index (χ2n) is 4.02. The van der Waals surface area contributed by atoms with Gasteiger partial charge in [-0.15, -0.1) is 0 Å². The summed E-state index contributed by atoms with van der Waals surface area (Å²) in [5.41, 5.74) is 9.08. The van der Waals surface area contributed by atoms with E-state index in [0.29, 0.717) is 12.5 Å². The largest absolute Gasteiger partial charge is 0.330 e. The lowest BCUT2D eigenvalue weighted by atomic mass is 10.0. The van der Waals surface area contributed by atoms with Gasteiger partial charge < -0.3 is 5.73 Å². The van der Waals surface area contributed by atoms with Crippen LogP contribution < -0.4 is 5.73 Å². The molecule has 0 spiro atoms. The number of nitrogens with zero attached hydrogens (tertiary/aromatic N) is 1. The monoisotopic (exact) mass is 200 g/mol. The number of fused-ring (bicyclic) bond motifs is 1. The number of pyridine rings is 1.